The standard InChI is InChI=1S/Al.Ce.Cu.4O/q2*+3;+2;4*-2. The van der Waals surface area contributed by atoms with Crippen LogP contribution in [0.1, 0.15) is 0 Å². The minimum Gasteiger partial charge on any atom is -2.00 e. The normalized spacial score (nSPS) is 0. The van der Waals surface area contributed by atoms with Crippen LogP contribution < -0.4 is 0 Å². The van der Waals surface area contributed by atoms with E-state index < -0.39 is 0 Å². The molecule has 0 spiro atoms. The zero-order valence-electron chi connectivity index (χ0n) is 3.01. The fourth-order valence-corrected chi connectivity index (χ4v) is 0. The molecule has 4 nitrogen and oxygen atoms in total. The maximum Gasteiger partial charge on any atom is 3.00 e. The molecule has 42 valence electrons. The van der Waals surface area contributed by atoms with E-state index in [1.807, 2.05) is 0 Å². The van der Waals surface area contributed by atoms with Crippen molar-refractivity contribution in [3.63, 3.8) is 0 Å². The van der Waals surface area contributed by atoms with E-state index >= 15 is 0 Å². The molecule has 0 fully saturated rings. The zero-order valence-corrected chi connectivity index (χ0v) is 8.25. The summed E-state index contributed by atoms with van der Waals surface area (Å²) in [6.45, 7) is 0. The molecule has 0 bridgehead atoms. The SMILES string of the molecule is [Al+3].[Ce+3].[Cu+2].[O-2].[O-2].[O-2].[O-2]. The Morgan fingerprint density at radius 1 is 0.571 bits per heavy atom. The van der Waals surface area contributed by atoms with E-state index in [1.54, 1.807) is 0 Å². The van der Waals surface area contributed by atoms with Gasteiger partial charge >= 0.3 is 76.2 Å². The van der Waals surface area contributed by atoms with Gasteiger partial charge in [-0.15, -0.1) is 0 Å². The molecule has 0 unspecified atom stereocenters. The third-order valence-electron chi connectivity index (χ3n) is 0. The molecule has 0 atom stereocenters. The average molecular weight is 295 g/mol. The van der Waals surface area contributed by atoms with Crippen LogP contribution >= 0.6 is 0 Å². The molecule has 0 aromatic carbocycles. The molecular formula is AlCeCuO4. The van der Waals surface area contributed by atoms with E-state index in [-0.39, 0.29) is 98.1 Å². The van der Waals surface area contributed by atoms with Crippen LogP contribution in [0, 0.1) is 41.7 Å². The summed E-state index contributed by atoms with van der Waals surface area (Å²) >= 11 is 0. The Morgan fingerprint density at radius 3 is 0.571 bits per heavy atom. The van der Waals surface area contributed by atoms with Gasteiger partial charge < -0.3 is 21.9 Å². The van der Waals surface area contributed by atoms with Crippen molar-refractivity contribution < 1.29 is 80.7 Å². The summed E-state index contributed by atoms with van der Waals surface area (Å²) in [6, 6.07) is 0. The fourth-order valence-electron chi connectivity index (χ4n) is 0. The van der Waals surface area contributed by atoms with Crippen molar-refractivity contribution in [2.45, 2.75) is 0 Å². The molecule has 7 heteroatoms. The van der Waals surface area contributed by atoms with Crippen LogP contribution in [0.4, 0.5) is 0 Å². The van der Waals surface area contributed by atoms with Crippen molar-refractivity contribution in [1.82, 2.24) is 0 Å². The van der Waals surface area contributed by atoms with E-state index in [0.717, 1.165) is 0 Å². The first kappa shape index (κ1) is 123. The predicted octanol–water partition coefficient (Wildman–Crippen LogP) is -0.859. The van der Waals surface area contributed by atoms with Gasteiger partial charge in [-0.1, -0.05) is 0 Å². The topological polar surface area (TPSA) is 114 Å². The molecule has 2 radical (unpaired) electrons. The van der Waals surface area contributed by atoms with Crippen molar-refractivity contribution in [3.8, 4) is 0 Å². The van der Waals surface area contributed by atoms with Gasteiger partial charge in [-0.3, -0.25) is 0 Å². The minimum atomic E-state index is 0. The van der Waals surface area contributed by atoms with Crippen LogP contribution in [0.2, 0.25) is 0 Å². The second-order valence-electron chi connectivity index (χ2n) is 0. The van der Waals surface area contributed by atoms with Gasteiger partial charge in [-0.2, -0.15) is 0 Å². The molecule has 0 aliphatic carbocycles. The van der Waals surface area contributed by atoms with Gasteiger partial charge in [-0.25, -0.2) is 0 Å². The van der Waals surface area contributed by atoms with Crippen molar-refractivity contribution in [1.29, 1.82) is 0 Å². The van der Waals surface area contributed by atoms with Gasteiger partial charge in [0.15, 0.2) is 0 Å². The second-order valence-corrected chi connectivity index (χ2v) is 0. The molecule has 0 aromatic rings. The van der Waals surface area contributed by atoms with Gasteiger partial charge in [0, 0.05) is 0 Å². The Kier molecular flexibility index (Phi) is 1490. The number of hydrogen-bond acceptors (Lipinski definition) is 0. The van der Waals surface area contributed by atoms with Gasteiger partial charge in [0.05, 0.1) is 0 Å². The molecule has 0 heterocycles. The molecule has 0 amide bonds. The first-order chi connectivity index (χ1) is 0. The summed E-state index contributed by atoms with van der Waals surface area (Å²) in [4.78, 5) is 0. The summed E-state index contributed by atoms with van der Waals surface area (Å²) in [5.74, 6) is 0. The number of rotatable bonds is 0. The maximum atomic E-state index is 0. The van der Waals surface area contributed by atoms with Gasteiger partial charge in [0.25, 0.3) is 0 Å². The van der Waals surface area contributed by atoms with E-state index in [2.05, 4.69) is 0 Å². The molecule has 0 aromatic heterocycles. The van der Waals surface area contributed by atoms with Crippen LogP contribution in [0.3, 0.4) is 0 Å². The smallest absolute Gasteiger partial charge is 2.00 e. The molecule has 7 heavy (non-hydrogen) atoms. The Morgan fingerprint density at radius 2 is 0.571 bits per heavy atom. The van der Waals surface area contributed by atoms with E-state index in [1.165, 1.54) is 0 Å². The summed E-state index contributed by atoms with van der Waals surface area (Å²) in [6.07, 6.45) is 0. The van der Waals surface area contributed by atoms with Crippen LogP contribution in [-0.4, -0.2) is 17.4 Å². The molecule has 0 rings (SSSR count). The van der Waals surface area contributed by atoms with Crippen LogP contribution in [0.25, 0.3) is 0 Å². The first-order valence-corrected chi connectivity index (χ1v) is 0. The Hall–Kier alpha value is 2.27. The van der Waals surface area contributed by atoms with Crippen molar-refractivity contribution in [3.05, 3.63) is 0 Å². The molecule has 0 saturated carbocycles. The largest absolute Gasteiger partial charge is 3.00 e. The third kappa shape index (κ3) is 63.1. The third-order valence-corrected chi connectivity index (χ3v) is 0. The predicted molar refractivity (Wildman–Crippen MR) is 8.50 cm³/mol. The maximum absolute atomic E-state index is 0. The Labute approximate surface area is 96.6 Å². The quantitative estimate of drug-likeness (QED) is 0.517. The summed E-state index contributed by atoms with van der Waals surface area (Å²) in [5.41, 5.74) is 0. The van der Waals surface area contributed by atoms with Crippen LogP contribution in [0.5, 0.6) is 0 Å². The van der Waals surface area contributed by atoms with Gasteiger partial charge in [-0.05, 0) is 0 Å². The molecule has 0 N–H and O–H groups in total. The molecule has 0 saturated heterocycles. The van der Waals surface area contributed by atoms with Gasteiger partial charge in [0.1, 0.15) is 0 Å². The second kappa shape index (κ2) is 84.9. The Balaban J connectivity index is 0. The zero-order chi connectivity index (χ0) is 0. The summed E-state index contributed by atoms with van der Waals surface area (Å²) in [5, 5.41) is 0. The molecule has 0 aliphatic rings. The van der Waals surface area contributed by atoms with Crippen molar-refractivity contribution >= 4 is 17.4 Å². The van der Waals surface area contributed by atoms with Crippen molar-refractivity contribution in [2.24, 2.45) is 0 Å². The average Bonchev–Trinajstić information content (AvgIpc) is 0. The number of hydrogen-bond donors (Lipinski definition) is 0. The first-order valence-electron chi connectivity index (χ1n) is 0. The fraction of sp³-hybridized carbons (Fsp3) is 0. The monoisotopic (exact) mass is 294 g/mol. The van der Waals surface area contributed by atoms with Crippen molar-refractivity contribution in [2.75, 3.05) is 0 Å². The Bertz CT molecular complexity index is 11.7. The molecular weight excluding hydrogens is 295 g/mol. The van der Waals surface area contributed by atoms with Crippen LogP contribution in [0.15, 0.2) is 0 Å². The molecule has 0 aliphatic heterocycles. The van der Waals surface area contributed by atoms with Crippen LogP contribution in [-0.2, 0) is 39.0 Å². The van der Waals surface area contributed by atoms with E-state index in [4.69, 9.17) is 0 Å². The summed E-state index contributed by atoms with van der Waals surface area (Å²) < 4.78 is 0. The van der Waals surface area contributed by atoms with E-state index in [9.17, 15) is 0 Å². The van der Waals surface area contributed by atoms with E-state index in [0.29, 0.717) is 0 Å². The summed E-state index contributed by atoms with van der Waals surface area (Å²) in [7, 11) is 0. The minimum absolute atomic E-state index is 0. The van der Waals surface area contributed by atoms with Gasteiger partial charge in [0.2, 0.25) is 0 Å².